The zero-order valence-corrected chi connectivity index (χ0v) is 11.6. The summed E-state index contributed by atoms with van der Waals surface area (Å²) in [7, 11) is 0. The standard InChI is InChI=1S/C15H11ClN4O/c16-12-8-6-10(7-9-12)13-17-15(20-19-13)18-14(21)11-4-2-1-3-5-11/h1-9H,(H2,17,18,19,20,21). The molecule has 6 heteroatoms. The summed E-state index contributed by atoms with van der Waals surface area (Å²) in [5, 5.41) is 10.0. The Morgan fingerprint density at radius 1 is 1.05 bits per heavy atom. The number of carbonyl (C=O) groups excluding carboxylic acids is 1. The van der Waals surface area contributed by atoms with Crippen LogP contribution >= 0.6 is 11.6 Å². The number of nitrogens with zero attached hydrogens (tertiary/aromatic N) is 2. The van der Waals surface area contributed by atoms with Crippen molar-refractivity contribution in [3.63, 3.8) is 0 Å². The average molecular weight is 299 g/mol. The topological polar surface area (TPSA) is 70.7 Å². The lowest BCUT2D eigenvalue weighted by Gasteiger charge is -1.99. The number of hydrogen-bond acceptors (Lipinski definition) is 3. The van der Waals surface area contributed by atoms with Gasteiger partial charge in [-0.15, -0.1) is 5.10 Å². The summed E-state index contributed by atoms with van der Waals surface area (Å²) >= 11 is 5.84. The van der Waals surface area contributed by atoms with E-state index < -0.39 is 0 Å². The van der Waals surface area contributed by atoms with Gasteiger partial charge >= 0.3 is 0 Å². The van der Waals surface area contributed by atoms with Crippen molar-refractivity contribution >= 4 is 23.5 Å². The first kappa shape index (κ1) is 13.3. The minimum Gasteiger partial charge on any atom is -0.289 e. The first-order chi connectivity index (χ1) is 10.2. The molecule has 0 spiro atoms. The number of nitrogens with one attached hydrogen (secondary N) is 2. The van der Waals surface area contributed by atoms with E-state index in [-0.39, 0.29) is 11.9 Å². The smallest absolute Gasteiger partial charge is 0.258 e. The first-order valence-electron chi connectivity index (χ1n) is 6.27. The second kappa shape index (κ2) is 5.76. The molecule has 0 radical (unpaired) electrons. The molecule has 0 unspecified atom stereocenters. The normalized spacial score (nSPS) is 10.3. The van der Waals surface area contributed by atoms with Gasteiger partial charge in [0.1, 0.15) is 0 Å². The number of carbonyl (C=O) groups is 1. The molecule has 0 bridgehead atoms. The van der Waals surface area contributed by atoms with Crippen molar-refractivity contribution < 1.29 is 4.79 Å². The Morgan fingerprint density at radius 3 is 2.48 bits per heavy atom. The van der Waals surface area contributed by atoms with Crippen LogP contribution in [0, 0.1) is 0 Å². The number of H-pyrrole nitrogens is 1. The fourth-order valence-corrected chi connectivity index (χ4v) is 1.94. The molecule has 3 aromatic rings. The monoisotopic (exact) mass is 298 g/mol. The highest BCUT2D eigenvalue weighted by molar-refractivity contribution is 6.30. The Bertz CT molecular complexity index is 753. The highest BCUT2D eigenvalue weighted by atomic mass is 35.5. The van der Waals surface area contributed by atoms with Crippen LogP contribution in [0.2, 0.25) is 5.02 Å². The highest BCUT2D eigenvalue weighted by Crippen LogP contribution is 2.18. The van der Waals surface area contributed by atoms with Crippen LogP contribution < -0.4 is 5.32 Å². The van der Waals surface area contributed by atoms with Gasteiger partial charge in [0.2, 0.25) is 5.95 Å². The fourth-order valence-electron chi connectivity index (χ4n) is 1.82. The Labute approximate surface area is 126 Å². The number of halogens is 1. The third kappa shape index (κ3) is 3.09. The summed E-state index contributed by atoms with van der Waals surface area (Å²) in [5.74, 6) is 0.543. The Morgan fingerprint density at radius 2 is 1.76 bits per heavy atom. The van der Waals surface area contributed by atoms with Crippen LogP contribution in [0.4, 0.5) is 5.95 Å². The second-order valence-corrected chi connectivity index (χ2v) is 4.77. The minimum absolute atomic E-state index is 0.230. The number of aromatic amines is 1. The largest absolute Gasteiger partial charge is 0.289 e. The predicted octanol–water partition coefficient (Wildman–Crippen LogP) is 3.38. The lowest BCUT2D eigenvalue weighted by atomic mass is 10.2. The molecule has 104 valence electrons. The molecular formula is C15H11ClN4O. The maximum Gasteiger partial charge on any atom is 0.258 e. The number of hydrogen-bond donors (Lipinski definition) is 2. The maximum atomic E-state index is 12.0. The summed E-state index contributed by atoms with van der Waals surface area (Å²) in [6.07, 6.45) is 0. The quantitative estimate of drug-likeness (QED) is 0.778. The molecule has 3 rings (SSSR count). The number of anilines is 1. The van der Waals surface area contributed by atoms with Crippen LogP contribution in [0.3, 0.4) is 0 Å². The first-order valence-corrected chi connectivity index (χ1v) is 6.65. The van der Waals surface area contributed by atoms with Crippen LogP contribution in [-0.4, -0.2) is 21.1 Å². The molecule has 0 aliphatic heterocycles. The molecule has 21 heavy (non-hydrogen) atoms. The van der Waals surface area contributed by atoms with Gasteiger partial charge in [-0.1, -0.05) is 29.8 Å². The Balaban J connectivity index is 1.76. The summed E-state index contributed by atoms with van der Waals surface area (Å²) in [6.45, 7) is 0. The molecule has 1 aromatic heterocycles. The molecule has 0 fully saturated rings. The zero-order valence-electron chi connectivity index (χ0n) is 10.9. The Kier molecular flexibility index (Phi) is 3.66. The molecule has 0 saturated heterocycles. The van der Waals surface area contributed by atoms with Gasteiger partial charge in [-0.05, 0) is 36.4 Å². The van der Waals surface area contributed by atoms with E-state index in [1.54, 1.807) is 36.4 Å². The summed E-state index contributed by atoms with van der Waals surface area (Å²) in [5.41, 5.74) is 1.39. The van der Waals surface area contributed by atoms with Gasteiger partial charge < -0.3 is 0 Å². The van der Waals surface area contributed by atoms with E-state index in [0.29, 0.717) is 16.4 Å². The third-order valence-corrected chi connectivity index (χ3v) is 3.12. The van der Waals surface area contributed by atoms with Crippen molar-refractivity contribution in [2.45, 2.75) is 0 Å². The highest BCUT2D eigenvalue weighted by Gasteiger charge is 2.10. The number of aromatic nitrogens is 3. The molecule has 0 saturated carbocycles. The van der Waals surface area contributed by atoms with Crippen LogP contribution in [0.1, 0.15) is 10.4 Å². The van der Waals surface area contributed by atoms with Gasteiger partial charge in [-0.3, -0.25) is 15.2 Å². The van der Waals surface area contributed by atoms with E-state index in [1.807, 2.05) is 18.2 Å². The average Bonchev–Trinajstić information content (AvgIpc) is 2.97. The fraction of sp³-hybridized carbons (Fsp3) is 0. The van der Waals surface area contributed by atoms with Gasteiger partial charge in [0.05, 0.1) is 0 Å². The summed E-state index contributed by atoms with van der Waals surface area (Å²) < 4.78 is 0. The van der Waals surface area contributed by atoms with E-state index in [4.69, 9.17) is 11.6 Å². The molecule has 0 aliphatic carbocycles. The van der Waals surface area contributed by atoms with Gasteiger partial charge in [-0.2, -0.15) is 4.98 Å². The van der Waals surface area contributed by atoms with Crippen molar-refractivity contribution in [1.29, 1.82) is 0 Å². The van der Waals surface area contributed by atoms with Gasteiger partial charge in [-0.25, -0.2) is 0 Å². The lowest BCUT2D eigenvalue weighted by molar-refractivity contribution is 0.102. The van der Waals surface area contributed by atoms with E-state index >= 15 is 0 Å². The van der Waals surface area contributed by atoms with E-state index in [1.165, 1.54) is 0 Å². The third-order valence-electron chi connectivity index (χ3n) is 2.86. The molecule has 0 aliphatic rings. The van der Waals surface area contributed by atoms with Gasteiger partial charge in [0.25, 0.3) is 5.91 Å². The number of rotatable bonds is 3. The van der Waals surface area contributed by atoms with Crippen LogP contribution in [0.5, 0.6) is 0 Å². The molecular weight excluding hydrogens is 288 g/mol. The minimum atomic E-state index is -0.253. The van der Waals surface area contributed by atoms with Crippen molar-refractivity contribution in [3.8, 4) is 11.4 Å². The number of amides is 1. The van der Waals surface area contributed by atoms with Crippen molar-refractivity contribution in [2.75, 3.05) is 5.32 Å². The van der Waals surface area contributed by atoms with Gasteiger partial charge in [0.15, 0.2) is 5.82 Å². The summed E-state index contributed by atoms with van der Waals surface area (Å²) in [6, 6.07) is 16.1. The van der Waals surface area contributed by atoms with Crippen molar-refractivity contribution in [1.82, 2.24) is 15.2 Å². The molecule has 1 heterocycles. The van der Waals surface area contributed by atoms with Crippen LogP contribution in [0.25, 0.3) is 11.4 Å². The van der Waals surface area contributed by atoms with Crippen LogP contribution in [0.15, 0.2) is 54.6 Å². The van der Waals surface area contributed by atoms with Crippen LogP contribution in [-0.2, 0) is 0 Å². The van der Waals surface area contributed by atoms with Gasteiger partial charge in [0, 0.05) is 16.1 Å². The molecule has 5 nitrogen and oxygen atoms in total. The second-order valence-electron chi connectivity index (χ2n) is 4.33. The predicted molar refractivity (Wildman–Crippen MR) is 81.2 cm³/mol. The molecule has 2 N–H and O–H groups in total. The SMILES string of the molecule is O=C(Nc1n[nH]c(-c2ccc(Cl)cc2)n1)c1ccccc1. The van der Waals surface area contributed by atoms with E-state index in [9.17, 15) is 4.79 Å². The Hall–Kier alpha value is -2.66. The molecule has 0 atom stereocenters. The van der Waals surface area contributed by atoms with E-state index in [0.717, 1.165) is 5.56 Å². The summed E-state index contributed by atoms with van der Waals surface area (Å²) in [4.78, 5) is 16.2. The molecule has 2 aromatic carbocycles. The maximum absolute atomic E-state index is 12.0. The van der Waals surface area contributed by atoms with Crippen molar-refractivity contribution in [2.24, 2.45) is 0 Å². The van der Waals surface area contributed by atoms with Crippen molar-refractivity contribution in [3.05, 3.63) is 65.2 Å². The van der Waals surface area contributed by atoms with E-state index in [2.05, 4.69) is 20.5 Å². The number of benzene rings is 2. The zero-order chi connectivity index (χ0) is 14.7. The lowest BCUT2D eigenvalue weighted by Crippen LogP contribution is -2.12. The molecule has 1 amide bonds.